The minimum absolute atomic E-state index is 0.404. The monoisotopic (exact) mass is 186 g/mol. The molecule has 0 saturated carbocycles. The van der Waals surface area contributed by atoms with Crippen molar-refractivity contribution in [2.24, 2.45) is 0 Å². The molecule has 0 aromatic rings. The van der Waals surface area contributed by atoms with Gasteiger partial charge in [-0.1, -0.05) is 24.3 Å². The highest BCUT2D eigenvalue weighted by Crippen LogP contribution is 2.19. The zero-order valence-corrected chi connectivity index (χ0v) is 7.51. The Labute approximate surface area is 82.1 Å². The standard InChI is InChI=1S/C11H10N2O/c12-10-6-2-1-5-9(10)11-7-3-4-8-13(11)14/h1-8,12,14H. The van der Waals surface area contributed by atoms with E-state index in [9.17, 15) is 5.21 Å². The van der Waals surface area contributed by atoms with Crippen molar-refractivity contribution in [1.29, 1.82) is 5.41 Å². The summed E-state index contributed by atoms with van der Waals surface area (Å²) in [6.45, 7) is 0. The lowest BCUT2D eigenvalue weighted by Crippen LogP contribution is -2.16. The molecule has 0 spiro atoms. The van der Waals surface area contributed by atoms with Gasteiger partial charge in [0.1, 0.15) is 0 Å². The first-order valence-electron chi connectivity index (χ1n) is 4.30. The normalized spacial score (nSPS) is 24.9. The summed E-state index contributed by atoms with van der Waals surface area (Å²) in [5.41, 5.74) is 1.75. The summed E-state index contributed by atoms with van der Waals surface area (Å²) in [6, 6.07) is 0. The van der Waals surface area contributed by atoms with Gasteiger partial charge in [0.05, 0.1) is 11.4 Å². The molecule has 1 heterocycles. The smallest absolute Gasteiger partial charge is 0.0779 e. The molecule has 2 rings (SSSR count). The molecule has 2 N–H and O–H groups in total. The van der Waals surface area contributed by atoms with Gasteiger partial charge in [0.15, 0.2) is 0 Å². The van der Waals surface area contributed by atoms with E-state index in [0.29, 0.717) is 11.4 Å². The molecule has 3 nitrogen and oxygen atoms in total. The van der Waals surface area contributed by atoms with Crippen molar-refractivity contribution in [3.63, 3.8) is 0 Å². The Morgan fingerprint density at radius 3 is 2.43 bits per heavy atom. The second-order valence-electron chi connectivity index (χ2n) is 2.98. The molecule has 0 atom stereocenters. The van der Waals surface area contributed by atoms with Gasteiger partial charge in [-0.05, 0) is 18.2 Å². The third kappa shape index (κ3) is 1.45. The Morgan fingerprint density at radius 1 is 1.00 bits per heavy atom. The number of rotatable bonds is 0. The largest absolute Gasteiger partial charge is 0.300 e. The molecule has 0 bridgehead atoms. The Hall–Kier alpha value is -1.87. The summed E-state index contributed by atoms with van der Waals surface area (Å²) >= 11 is 0. The number of hydrogen-bond donors (Lipinski definition) is 2. The van der Waals surface area contributed by atoms with Gasteiger partial charge in [-0.25, -0.2) is 5.06 Å². The van der Waals surface area contributed by atoms with Crippen LogP contribution >= 0.6 is 0 Å². The summed E-state index contributed by atoms with van der Waals surface area (Å²) in [5.74, 6) is 0. The van der Waals surface area contributed by atoms with Crippen molar-refractivity contribution >= 4 is 5.71 Å². The first kappa shape index (κ1) is 8.72. The minimum atomic E-state index is 0.404. The van der Waals surface area contributed by atoms with Gasteiger partial charge in [-0.3, -0.25) is 5.21 Å². The molecule has 0 aromatic heterocycles. The number of allylic oxidation sites excluding steroid dienone is 8. The van der Waals surface area contributed by atoms with Crippen LogP contribution in [0.2, 0.25) is 0 Å². The summed E-state index contributed by atoms with van der Waals surface area (Å²) in [7, 11) is 0. The average Bonchev–Trinajstić information content (AvgIpc) is 2.20. The van der Waals surface area contributed by atoms with Crippen LogP contribution < -0.4 is 0 Å². The van der Waals surface area contributed by atoms with Crippen LogP contribution in [-0.2, 0) is 0 Å². The zero-order valence-electron chi connectivity index (χ0n) is 7.51. The summed E-state index contributed by atoms with van der Waals surface area (Å²) < 4.78 is 0. The predicted molar refractivity (Wildman–Crippen MR) is 54.9 cm³/mol. The van der Waals surface area contributed by atoms with Crippen molar-refractivity contribution in [2.45, 2.75) is 0 Å². The predicted octanol–water partition coefficient (Wildman–Crippen LogP) is 2.16. The minimum Gasteiger partial charge on any atom is -0.300 e. The molecule has 0 saturated heterocycles. The van der Waals surface area contributed by atoms with Crippen molar-refractivity contribution in [3.05, 3.63) is 60.0 Å². The van der Waals surface area contributed by atoms with Gasteiger partial charge in [0, 0.05) is 11.8 Å². The fourth-order valence-electron chi connectivity index (χ4n) is 1.35. The van der Waals surface area contributed by atoms with Crippen LogP contribution in [0.1, 0.15) is 0 Å². The third-order valence-electron chi connectivity index (χ3n) is 2.04. The van der Waals surface area contributed by atoms with E-state index in [1.807, 2.05) is 18.2 Å². The second-order valence-corrected chi connectivity index (χ2v) is 2.98. The van der Waals surface area contributed by atoms with Crippen LogP contribution in [0, 0.1) is 5.41 Å². The fourth-order valence-corrected chi connectivity index (χ4v) is 1.35. The third-order valence-corrected chi connectivity index (χ3v) is 2.04. The zero-order chi connectivity index (χ0) is 9.97. The average molecular weight is 186 g/mol. The van der Waals surface area contributed by atoms with E-state index in [4.69, 9.17) is 5.41 Å². The number of hydroxylamine groups is 2. The summed E-state index contributed by atoms with van der Waals surface area (Å²) in [5, 5.41) is 18.2. The molecule has 3 heteroatoms. The van der Waals surface area contributed by atoms with Gasteiger partial charge in [-0.2, -0.15) is 0 Å². The highest BCUT2D eigenvalue weighted by atomic mass is 16.5. The molecule has 70 valence electrons. The number of nitrogens with zero attached hydrogens (tertiary/aromatic N) is 1. The van der Waals surface area contributed by atoms with Crippen molar-refractivity contribution in [1.82, 2.24) is 5.06 Å². The Morgan fingerprint density at radius 2 is 1.71 bits per heavy atom. The lowest BCUT2D eigenvalue weighted by atomic mass is 10.0. The molecule has 2 aliphatic rings. The highest BCUT2D eigenvalue weighted by molar-refractivity contribution is 6.10. The lowest BCUT2D eigenvalue weighted by Gasteiger charge is -2.19. The molecular formula is C11H10N2O. The quantitative estimate of drug-likeness (QED) is 0.609. The maximum Gasteiger partial charge on any atom is 0.0779 e. The lowest BCUT2D eigenvalue weighted by molar-refractivity contribution is -0.000668. The number of hydrogen-bond acceptors (Lipinski definition) is 3. The topological polar surface area (TPSA) is 47.3 Å². The molecule has 0 unspecified atom stereocenters. The van der Waals surface area contributed by atoms with Gasteiger partial charge < -0.3 is 5.41 Å². The van der Waals surface area contributed by atoms with Crippen LogP contribution in [-0.4, -0.2) is 16.0 Å². The maximum atomic E-state index is 9.52. The van der Waals surface area contributed by atoms with Crippen molar-refractivity contribution < 1.29 is 5.21 Å². The molecule has 1 aliphatic carbocycles. The second kappa shape index (κ2) is 3.47. The van der Waals surface area contributed by atoms with E-state index < -0.39 is 0 Å². The molecule has 14 heavy (non-hydrogen) atoms. The molecule has 0 aromatic carbocycles. The fraction of sp³-hybridized carbons (Fsp3) is 0. The van der Waals surface area contributed by atoms with Crippen LogP contribution in [0.25, 0.3) is 0 Å². The molecule has 1 aliphatic heterocycles. The molecular weight excluding hydrogens is 176 g/mol. The van der Waals surface area contributed by atoms with Crippen LogP contribution in [0.4, 0.5) is 0 Å². The Kier molecular flexibility index (Phi) is 2.16. The summed E-state index contributed by atoms with van der Waals surface area (Å²) in [4.78, 5) is 0. The molecule has 0 radical (unpaired) electrons. The Balaban J connectivity index is 2.44. The van der Waals surface area contributed by atoms with Crippen LogP contribution in [0.5, 0.6) is 0 Å². The molecule has 0 amide bonds. The summed E-state index contributed by atoms with van der Waals surface area (Å²) in [6.07, 6.45) is 14.0. The van der Waals surface area contributed by atoms with E-state index in [1.165, 1.54) is 0 Å². The van der Waals surface area contributed by atoms with E-state index in [2.05, 4.69) is 0 Å². The van der Waals surface area contributed by atoms with E-state index in [0.717, 1.165) is 10.6 Å². The maximum absolute atomic E-state index is 9.52. The van der Waals surface area contributed by atoms with Crippen molar-refractivity contribution in [3.8, 4) is 0 Å². The number of nitrogens with one attached hydrogen (secondary N) is 1. The first-order valence-corrected chi connectivity index (χ1v) is 4.30. The Bertz CT molecular complexity index is 411. The first-order chi connectivity index (χ1) is 6.79. The van der Waals surface area contributed by atoms with E-state index in [-0.39, 0.29) is 0 Å². The SMILES string of the molecule is N=C1C=CC=CC1=C1C=CC=CN1O. The van der Waals surface area contributed by atoms with Gasteiger partial charge in [-0.15, -0.1) is 0 Å². The van der Waals surface area contributed by atoms with Gasteiger partial charge >= 0.3 is 0 Å². The highest BCUT2D eigenvalue weighted by Gasteiger charge is 2.12. The van der Waals surface area contributed by atoms with Crippen LogP contribution in [0.3, 0.4) is 0 Å². The van der Waals surface area contributed by atoms with E-state index >= 15 is 0 Å². The molecule has 0 fully saturated rings. The van der Waals surface area contributed by atoms with E-state index in [1.54, 1.807) is 30.5 Å². The van der Waals surface area contributed by atoms with Crippen LogP contribution in [0.15, 0.2) is 60.0 Å². The van der Waals surface area contributed by atoms with Crippen molar-refractivity contribution in [2.75, 3.05) is 0 Å². The van der Waals surface area contributed by atoms with Gasteiger partial charge in [0.25, 0.3) is 0 Å². The van der Waals surface area contributed by atoms with Gasteiger partial charge in [0.2, 0.25) is 0 Å².